The summed E-state index contributed by atoms with van der Waals surface area (Å²) in [5, 5.41) is 21.8. The maximum atomic E-state index is 13.0. The predicted molar refractivity (Wildman–Crippen MR) is 121 cm³/mol. The summed E-state index contributed by atoms with van der Waals surface area (Å²) >= 11 is 23.9. The number of carbonyl (C=O) groups is 1. The Morgan fingerprint density at radius 3 is 2.30 bits per heavy atom. The third-order valence-corrected chi connectivity index (χ3v) is 6.21. The number of phenols is 1. The lowest BCUT2D eigenvalue weighted by Crippen LogP contribution is -2.13. The Morgan fingerprint density at radius 1 is 1.00 bits per heavy atom. The highest BCUT2D eigenvalue weighted by Crippen LogP contribution is 2.40. The molecule has 1 amide bonds. The molecule has 0 aliphatic carbocycles. The number of hydrogen-bond donors (Lipinski definition) is 2. The first kappa shape index (κ1) is 25.0. The Kier molecular flexibility index (Phi) is 7.35. The molecule has 0 fully saturated rings. The van der Waals surface area contributed by atoms with Gasteiger partial charge >= 0.3 is 6.18 Å². The predicted octanol–water partition coefficient (Wildman–Crippen LogP) is 7.93. The quantitative estimate of drug-likeness (QED) is 0.334. The van der Waals surface area contributed by atoms with Crippen LogP contribution < -0.4 is 5.32 Å². The fraction of sp³-hybridized carbons (Fsp3) is 0.0909. The zero-order valence-electron chi connectivity index (χ0n) is 16.1. The van der Waals surface area contributed by atoms with Crippen LogP contribution in [0.25, 0.3) is 0 Å². The lowest BCUT2D eigenvalue weighted by molar-refractivity contribution is -0.137. The summed E-state index contributed by atoms with van der Waals surface area (Å²) in [6.07, 6.45) is -4.56. The third-order valence-electron chi connectivity index (χ3n) is 4.63. The van der Waals surface area contributed by atoms with E-state index in [1.807, 2.05) is 6.07 Å². The standard InChI is InChI=1S/C22H11Cl4F3N2O2/c23-16-7-12(31-21(33)14-8-17(24)18(25)19(26)20(14)32)4-5-13(16)15(9-30)10-2-1-3-11(6-10)22(27,28)29/h1-8,15,32H,(H,31,33). The summed E-state index contributed by atoms with van der Waals surface area (Å²) in [5.41, 5.74) is -0.580. The van der Waals surface area contributed by atoms with Crippen molar-refractivity contribution in [3.05, 3.63) is 90.9 Å². The maximum Gasteiger partial charge on any atom is 0.416 e. The monoisotopic (exact) mass is 532 g/mol. The average Bonchev–Trinajstić information content (AvgIpc) is 2.76. The summed E-state index contributed by atoms with van der Waals surface area (Å²) in [6.45, 7) is 0. The van der Waals surface area contributed by atoms with Gasteiger partial charge in [0.25, 0.3) is 5.91 Å². The van der Waals surface area contributed by atoms with Crippen molar-refractivity contribution in [2.24, 2.45) is 0 Å². The molecule has 1 unspecified atom stereocenters. The van der Waals surface area contributed by atoms with E-state index in [4.69, 9.17) is 46.4 Å². The van der Waals surface area contributed by atoms with E-state index >= 15 is 0 Å². The summed E-state index contributed by atoms with van der Waals surface area (Å²) in [5.74, 6) is -2.42. The SMILES string of the molecule is N#CC(c1cccc(C(F)(F)F)c1)c1ccc(NC(=O)c2cc(Cl)c(Cl)c(Cl)c2O)cc1Cl. The zero-order chi connectivity index (χ0) is 24.5. The van der Waals surface area contributed by atoms with Crippen LogP contribution in [0.5, 0.6) is 5.75 Å². The molecule has 0 bridgehead atoms. The molecule has 3 rings (SSSR count). The molecule has 33 heavy (non-hydrogen) atoms. The van der Waals surface area contributed by atoms with Gasteiger partial charge in [-0.1, -0.05) is 70.7 Å². The lowest BCUT2D eigenvalue weighted by atomic mass is 9.91. The van der Waals surface area contributed by atoms with Gasteiger partial charge in [-0.15, -0.1) is 0 Å². The van der Waals surface area contributed by atoms with E-state index < -0.39 is 29.3 Å². The average molecular weight is 534 g/mol. The van der Waals surface area contributed by atoms with Crippen LogP contribution in [0.4, 0.5) is 18.9 Å². The van der Waals surface area contributed by atoms with Crippen molar-refractivity contribution < 1.29 is 23.1 Å². The Bertz CT molecular complexity index is 1290. The fourth-order valence-electron chi connectivity index (χ4n) is 3.01. The van der Waals surface area contributed by atoms with Gasteiger partial charge in [-0.05, 0) is 35.4 Å². The van der Waals surface area contributed by atoms with Crippen molar-refractivity contribution in [2.45, 2.75) is 12.1 Å². The van der Waals surface area contributed by atoms with Gasteiger partial charge in [-0.2, -0.15) is 18.4 Å². The number of alkyl halides is 3. The van der Waals surface area contributed by atoms with Gasteiger partial charge in [-0.3, -0.25) is 4.79 Å². The number of halogens is 7. The van der Waals surface area contributed by atoms with Crippen LogP contribution in [-0.2, 0) is 6.18 Å². The minimum Gasteiger partial charge on any atom is -0.505 e. The number of hydrogen-bond acceptors (Lipinski definition) is 3. The number of nitrogens with zero attached hydrogens (tertiary/aromatic N) is 1. The third kappa shape index (κ3) is 5.31. The molecular weight excluding hydrogens is 523 g/mol. The van der Waals surface area contributed by atoms with Gasteiger partial charge in [0.05, 0.1) is 33.2 Å². The molecule has 2 N–H and O–H groups in total. The highest BCUT2D eigenvalue weighted by molar-refractivity contribution is 6.49. The Morgan fingerprint density at radius 2 is 1.70 bits per heavy atom. The number of amides is 1. The van der Waals surface area contributed by atoms with Crippen molar-refractivity contribution in [2.75, 3.05) is 5.32 Å². The van der Waals surface area contributed by atoms with Gasteiger partial charge in [0.1, 0.15) is 10.8 Å². The van der Waals surface area contributed by atoms with Crippen LogP contribution in [0.1, 0.15) is 33.0 Å². The molecular formula is C22H11Cl4F3N2O2. The molecule has 3 aromatic carbocycles. The van der Waals surface area contributed by atoms with E-state index in [-0.39, 0.29) is 42.5 Å². The van der Waals surface area contributed by atoms with E-state index in [9.17, 15) is 28.3 Å². The van der Waals surface area contributed by atoms with Gasteiger partial charge < -0.3 is 10.4 Å². The molecule has 1 atom stereocenters. The second kappa shape index (κ2) is 9.70. The van der Waals surface area contributed by atoms with Crippen LogP contribution in [0.3, 0.4) is 0 Å². The molecule has 170 valence electrons. The Labute approximate surface area is 206 Å². The second-order valence-corrected chi connectivity index (χ2v) is 8.33. The largest absolute Gasteiger partial charge is 0.505 e. The topological polar surface area (TPSA) is 73.1 Å². The van der Waals surface area contributed by atoms with Crippen LogP contribution >= 0.6 is 46.4 Å². The molecule has 0 spiro atoms. The Hall–Kier alpha value is -2.63. The van der Waals surface area contributed by atoms with Crippen molar-refractivity contribution in [3.63, 3.8) is 0 Å². The number of benzene rings is 3. The molecule has 0 radical (unpaired) electrons. The molecule has 0 saturated heterocycles. The zero-order valence-corrected chi connectivity index (χ0v) is 19.2. The van der Waals surface area contributed by atoms with Crippen molar-refractivity contribution in [1.82, 2.24) is 0 Å². The minimum atomic E-state index is -4.56. The van der Waals surface area contributed by atoms with Crippen LogP contribution in [0, 0.1) is 11.3 Å². The lowest BCUT2D eigenvalue weighted by Gasteiger charge is -2.16. The van der Waals surface area contributed by atoms with Gasteiger partial charge in [0.15, 0.2) is 0 Å². The van der Waals surface area contributed by atoms with E-state index in [2.05, 4.69) is 5.32 Å². The molecule has 0 aliphatic heterocycles. The van der Waals surface area contributed by atoms with E-state index in [0.717, 1.165) is 18.2 Å². The molecule has 0 aromatic heterocycles. The van der Waals surface area contributed by atoms with Crippen LogP contribution in [-0.4, -0.2) is 11.0 Å². The molecule has 0 saturated carbocycles. The van der Waals surface area contributed by atoms with E-state index in [1.165, 1.54) is 30.3 Å². The normalized spacial score (nSPS) is 12.2. The number of rotatable bonds is 4. The number of nitrogens with one attached hydrogen (secondary N) is 1. The van der Waals surface area contributed by atoms with Gasteiger partial charge in [0, 0.05) is 10.7 Å². The van der Waals surface area contributed by atoms with Crippen molar-refractivity contribution in [1.29, 1.82) is 5.26 Å². The number of phenolic OH excluding ortho intramolecular Hbond substituents is 1. The summed E-state index contributed by atoms with van der Waals surface area (Å²) < 4.78 is 39.1. The van der Waals surface area contributed by atoms with Gasteiger partial charge in [-0.25, -0.2) is 0 Å². The first-order valence-corrected chi connectivity index (χ1v) is 10.5. The van der Waals surface area contributed by atoms with Gasteiger partial charge in [0.2, 0.25) is 0 Å². The van der Waals surface area contributed by atoms with E-state index in [0.29, 0.717) is 0 Å². The highest BCUT2D eigenvalue weighted by Gasteiger charge is 2.31. The first-order valence-electron chi connectivity index (χ1n) is 8.98. The summed E-state index contributed by atoms with van der Waals surface area (Å²) in [4.78, 5) is 12.6. The molecule has 0 heterocycles. The smallest absolute Gasteiger partial charge is 0.416 e. The molecule has 3 aromatic rings. The molecule has 0 aliphatic rings. The number of aromatic hydroxyl groups is 1. The number of nitriles is 1. The van der Waals surface area contributed by atoms with E-state index in [1.54, 1.807) is 0 Å². The minimum absolute atomic E-state index is 0.0353. The summed E-state index contributed by atoms with van der Waals surface area (Å²) in [7, 11) is 0. The maximum absolute atomic E-state index is 13.0. The summed E-state index contributed by atoms with van der Waals surface area (Å²) in [6, 6.07) is 11.6. The second-order valence-electron chi connectivity index (χ2n) is 6.76. The molecule has 4 nitrogen and oxygen atoms in total. The van der Waals surface area contributed by atoms with Crippen LogP contribution in [0.15, 0.2) is 48.5 Å². The highest BCUT2D eigenvalue weighted by atomic mass is 35.5. The number of carbonyl (C=O) groups excluding carboxylic acids is 1. The van der Waals surface area contributed by atoms with Crippen LogP contribution in [0.2, 0.25) is 20.1 Å². The number of anilines is 1. The van der Waals surface area contributed by atoms with Crippen molar-refractivity contribution >= 4 is 58.0 Å². The van der Waals surface area contributed by atoms with Crippen molar-refractivity contribution in [3.8, 4) is 11.8 Å². The first-order chi connectivity index (χ1) is 15.4. The fourth-order valence-corrected chi connectivity index (χ4v) is 3.90. The molecule has 11 heteroatoms. The Balaban J connectivity index is 1.90.